The lowest BCUT2D eigenvalue weighted by Crippen LogP contribution is -2.82. The van der Waals surface area contributed by atoms with Crippen molar-refractivity contribution in [3.05, 3.63) is 0 Å². The Labute approximate surface area is 48.5 Å². The topological polar surface area (TPSA) is 36.8 Å². The van der Waals surface area contributed by atoms with Crippen molar-refractivity contribution in [2.24, 2.45) is 0 Å². The Kier molecular flexibility index (Phi) is 4.50. The van der Waals surface area contributed by atoms with Crippen molar-refractivity contribution < 1.29 is 10.4 Å². The first kappa shape index (κ1) is 7.21. The lowest BCUT2D eigenvalue weighted by atomic mass is 10.4. The average molecular weight is 125 g/mol. The van der Waals surface area contributed by atoms with Crippen LogP contribution in [0.3, 0.4) is 0 Å². The van der Waals surface area contributed by atoms with Crippen LogP contribution in [0.15, 0.2) is 0 Å². The van der Waals surface area contributed by atoms with Crippen LogP contribution in [0, 0.1) is 0 Å². The number of hydrogen-bond donors (Lipinski definition) is 2. The molecule has 0 bridgehead atoms. The van der Waals surface area contributed by atoms with Gasteiger partial charge in [0.2, 0.25) is 0 Å². The number of nitrogens with two attached hydrogens (primary N) is 1. The second-order valence-corrected chi connectivity index (χ2v) is 1.76. The molecule has 0 rings (SSSR count). The molecule has 0 spiro atoms. The average Bonchev–Trinajstić information content (AvgIpc) is 1.68. The second kappa shape index (κ2) is 4.37. The van der Waals surface area contributed by atoms with E-state index < -0.39 is 0 Å². The van der Waals surface area contributed by atoms with E-state index in [9.17, 15) is 0 Å². The third-order valence-corrected chi connectivity index (χ3v) is 1.04. The van der Waals surface area contributed by atoms with Crippen LogP contribution in [-0.4, -0.2) is 30.7 Å². The Bertz CT molecular complexity index is 42.7. The molecule has 0 aromatic rings. The minimum Gasteiger partial charge on any atom is -0.386 e. The van der Waals surface area contributed by atoms with Gasteiger partial charge in [-0.15, -0.1) is 11.6 Å². The normalized spacial score (nSPS) is 14.1. The zero-order valence-electron chi connectivity index (χ0n) is 4.39. The fourth-order valence-electron chi connectivity index (χ4n) is 0.335. The molecule has 0 aliphatic carbocycles. The number of alkyl halides is 1. The summed E-state index contributed by atoms with van der Waals surface area (Å²) in [6.45, 7) is 0.698. The molecule has 0 fully saturated rings. The third kappa shape index (κ3) is 4.05. The van der Waals surface area contributed by atoms with E-state index >= 15 is 0 Å². The van der Waals surface area contributed by atoms with E-state index in [-0.39, 0.29) is 6.10 Å². The van der Waals surface area contributed by atoms with Crippen LogP contribution in [0.25, 0.3) is 0 Å². The van der Waals surface area contributed by atoms with Gasteiger partial charge in [0.15, 0.2) is 0 Å². The fraction of sp³-hybridized carbons (Fsp3) is 1.00. The Balaban J connectivity index is 2.83. The molecule has 44 valence electrons. The molecule has 1 unspecified atom stereocenters. The standard InChI is InChI=1S/C4H10ClNO/c1-6-3-4(7)2-5/h4,6-7H,2-3H2,1H3/p+1. The molecule has 0 radical (unpaired) electrons. The molecule has 0 heterocycles. The van der Waals surface area contributed by atoms with Crippen molar-refractivity contribution in [2.45, 2.75) is 6.10 Å². The van der Waals surface area contributed by atoms with E-state index in [1.165, 1.54) is 0 Å². The molecule has 0 saturated heterocycles. The largest absolute Gasteiger partial charge is 0.386 e. The van der Waals surface area contributed by atoms with Crippen LogP contribution in [-0.2, 0) is 0 Å². The maximum Gasteiger partial charge on any atom is 0.116 e. The lowest BCUT2D eigenvalue weighted by molar-refractivity contribution is -0.633. The second-order valence-electron chi connectivity index (χ2n) is 1.45. The van der Waals surface area contributed by atoms with Crippen LogP contribution in [0.1, 0.15) is 0 Å². The molecule has 2 nitrogen and oxygen atoms in total. The molecule has 0 aromatic carbocycles. The maximum absolute atomic E-state index is 8.69. The van der Waals surface area contributed by atoms with E-state index in [0.29, 0.717) is 12.4 Å². The van der Waals surface area contributed by atoms with Crippen molar-refractivity contribution in [3.8, 4) is 0 Å². The van der Waals surface area contributed by atoms with E-state index in [0.717, 1.165) is 0 Å². The van der Waals surface area contributed by atoms with Gasteiger partial charge >= 0.3 is 0 Å². The first-order valence-corrected chi connectivity index (χ1v) is 2.86. The summed E-state index contributed by atoms with van der Waals surface area (Å²) >= 11 is 5.26. The predicted molar refractivity (Wildman–Crippen MR) is 29.4 cm³/mol. The summed E-state index contributed by atoms with van der Waals surface area (Å²) in [4.78, 5) is 0. The molecule has 0 amide bonds. The first-order chi connectivity index (χ1) is 3.31. The summed E-state index contributed by atoms with van der Waals surface area (Å²) in [5, 5.41) is 10.6. The monoisotopic (exact) mass is 124 g/mol. The summed E-state index contributed by atoms with van der Waals surface area (Å²) < 4.78 is 0. The first-order valence-electron chi connectivity index (χ1n) is 2.33. The predicted octanol–water partition coefficient (Wildman–Crippen LogP) is -1.22. The van der Waals surface area contributed by atoms with Gasteiger partial charge in [0.05, 0.1) is 12.9 Å². The lowest BCUT2D eigenvalue weighted by Gasteiger charge is -1.99. The highest BCUT2D eigenvalue weighted by molar-refractivity contribution is 6.18. The Morgan fingerprint density at radius 3 is 2.57 bits per heavy atom. The highest BCUT2D eigenvalue weighted by Gasteiger charge is 1.98. The third-order valence-electron chi connectivity index (χ3n) is 0.686. The Hall–Kier alpha value is 0.210. The van der Waals surface area contributed by atoms with Crippen LogP contribution >= 0.6 is 11.6 Å². The van der Waals surface area contributed by atoms with Crippen molar-refractivity contribution in [3.63, 3.8) is 0 Å². The molecule has 3 N–H and O–H groups in total. The summed E-state index contributed by atoms with van der Waals surface area (Å²) in [6.07, 6.45) is -0.341. The van der Waals surface area contributed by atoms with Gasteiger partial charge in [-0.3, -0.25) is 0 Å². The molecule has 0 saturated carbocycles. The summed E-state index contributed by atoms with van der Waals surface area (Å²) in [5.74, 6) is 0.338. The number of rotatable bonds is 3. The fourth-order valence-corrected chi connectivity index (χ4v) is 0.461. The van der Waals surface area contributed by atoms with Gasteiger partial charge in [-0.2, -0.15) is 0 Å². The molecule has 0 aliphatic heterocycles. The van der Waals surface area contributed by atoms with E-state index in [4.69, 9.17) is 16.7 Å². The number of aliphatic hydroxyl groups is 1. The number of aliphatic hydroxyl groups excluding tert-OH is 1. The van der Waals surface area contributed by atoms with Crippen LogP contribution < -0.4 is 5.32 Å². The van der Waals surface area contributed by atoms with Crippen molar-refractivity contribution in [1.29, 1.82) is 0 Å². The van der Waals surface area contributed by atoms with Gasteiger partial charge in [0, 0.05) is 0 Å². The van der Waals surface area contributed by atoms with Gasteiger partial charge in [-0.1, -0.05) is 0 Å². The molecular weight excluding hydrogens is 114 g/mol. The number of quaternary nitrogens is 1. The van der Waals surface area contributed by atoms with Crippen LogP contribution in [0.4, 0.5) is 0 Å². The van der Waals surface area contributed by atoms with E-state index in [1.807, 2.05) is 12.4 Å². The molecular formula is C4H11ClNO+. The maximum atomic E-state index is 8.69. The van der Waals surface area contributed by atoms with Gasteiger partial charge in [-0.25, -0.2) is 0 Å². The minimum atomic E-state index is -0.341. The summed E-state index contributed by atoms with van der Waals surface area (Å²) in [5.41, 5.74) is 0. The smallest absolute Gasteiger partial charge is 0.116 e. The highest BCUT2D eigenvalue weighted by atomic mass is 35.5. The highest BCUT2D eigenvalue weighted by Crippen LogP contribution is 1.79. The summed E-state index contributed by atoms with van der Waals surface area (Å²) in [7, 11) is 1.90. The molecule has 0 aromatic heterocycles. The van der Waals surface area contributed by atoms with Crippen molar-refractivity contribution in [2.75, 3.05) is 19.5 Å². The zero-order valence-corrected chi connectivity index (χ0v) is 5.15. The molecule has 7 heavy (non-hydrogen) atoms. The molecule has 3 heteroatoms. The number of hydrogen-bond acceptors (Lipinski definition) is 1. The van der Waals surface area contributed by atoms with Crippen molar-refractivity contribution in [1.82, 2.24) is 0 Å². The van der Waals surface area contributed by atoms with Crippen LogP contribution in [0.5, 0.6) is 0 Å². The van der Waals surface area contributed by atoms with E-state index in [1.54, 1.807) is 0 Å². The van der Waals surface area contributed by atoms with Gasteiger partial charge in [0.1, 0.15) is 12.6 Å². The number of likely N-dealkylation sites (N-methyl/N-ethyl adjacent to an activating group) is 1. The zero-order chi connectivity index (χ0) is 5.70. The Morgan fingerprint density at radius 1 is 1.86 bits per heavy atom. The van der Waals surface area contributed by atoms with Gasteiger partial charge < -0.3 is 10.4 Å². The van der Waals surface area contributed by atoms with Crippen LogP contribution in [0.2, 0.25) is 0 Å². The molecule has 1 atom stereocenters. The number of halogens is 1. The summed E-state index contributed by atoms with van der Waals surface area (Å²) in [6, 6.07) is 0. The molecule has 0 aliphatic rings. The van der Waals surface area contributed by atoms with Crippen molar-refractivity contribution >= 4 is 11.6 Å². The quantitative estimate of drug-likeness (QED) is 0.455. The van der Waals surface area contributed by atoms with Gasteiger partial charge in [0.25, 0.3) is 0 Å². The van der Waals surface area contributed by atoms with E-state index in [2.05, 4.69) is 0 Å². The SMILES string of the molecule is C[NH2+]CC(O)CCl. The van der Waals surface area contributed by atoms with Gasteiger partial charge in [-0.05, 0) is 0 Å². The Morgan fingerprint density at radius 2 is 2.43 bits per heavy atom. The minimum absolute atomic E-state index is 0.338.